The third-order valence-corrected chi connectivity index (χ3v) is 4.59. The number of hydrogen-bond acceptors (Lipinski definition) is 5. The van der Waals surface area contributed by atoms with E-state index in [9.17, 15) is 0 Å². The Morgan fingerprint density at radius 2 is 1.48 bits per heavy atom. The summed E-state index contributed by atoms with van der Waals surface area (Å²) >= 11 is 0. The van der Waals surface area contributed by atoms with Crippen molar-refractivity contribution in [2.24, 2.45) is 0 Å². The monoisotopic (exact) mass is 360 g/mol. The van der Waals surface area contributed by atoms with Crippen molar-refractivity contribution in [1.82, 2.24) is 0 Å². The summed E-state index contributed by atoms with van der Waals surface area (Å²) < 4.78 is 29.3. The van der Waals surface area contributed by atoms with Crippen LogP contribution in [0.1, 0.15) is 11.1 Å². The van der Waals surface area contributed by atoms with Crippen molar-refractivity contribution in [1.29, 1.82) is 0 Å². The van der Waals surface area contributed by atoms with Gasteiger partial charge in [0.15, 0.2) is 23.0 Å². The summed E-state index contributed by atoms with van der Waals surface area (Å²) in [6.45, 7) is 0. The molecule has 3 heterocycles. The Bertz CT molecular complexity index is 1040. The van der Waals surface area contributed by atoms with Crippen LogP contribution in [0.4, 0.5) is 0 Å². The van der Waals surface area contributed by atoms with Crippen LogP contribution in [0.15, 0.2) is 88.1 Å². The maximum Gasteiger partial charge on any atom is 0.309 e. The molecule has 0 aliphatic carbocycles. The summed E-state index contributed by atoms with van der Waals surface area (Å²) in [4.78, 5) is 0. The molecule has 0 amide bonds. The molecule has 5 rings (SSSR count). The number of hydrogen-bond donors (Lipinski definition) is 0. The quantitative estimate of drug-likeness (QED) is 0.499. The van der Waals surface area contributed by atoms with E-state index in [2.05, 4.69) is 0 Å². The molecule has 0 saturated carbocycles. The predicted molar refractivity (Wildman–Crippen MR) is 97.9 cm³/mol. The standard InChI is InChI=1S/C22H16O5/c1-23-16-10-8-15(9-11-16)22(26-18-5-2-3-6-19(18)27-22)17-12-14-25-21(17)20-7-4-13-24-20/h2-14H,1H3. The van der Waals surface area contributed by atoms with E-state index in [1.54, 1.807) is 19.6 Å². The van der Waals surface area contributed by atoms with Gasteiger partial charge in [-0.25, -0.2) is 0 Å². The van der Waals surface area contributed by atoms with Gasteiger partial charge in [-0.15, -0.1) is 0 Å². The molecule has 0 saturated heterocycles. The summed E-state index contributed by atoms with van der Waals surface area (Å²) in [5.74, 6) is 2.06. The topological polar surface area (TPSA) is 54.0 Å². The van der Waals surface area contributed by atoms with Crippen molar-refractivity contribution in [3.05, 3.63) is 90.4 Å². The highest BCUT2D eigenvalue weighted by Gasteiger charge is 2.48. The van der Waals surface area contributed by atoms with Crippen LogP contribution in [0.5, 0.6) is 17.2 Å². The molecule has 0 unspecified atom stereocenters. The Hall–Kier alpha value is -3.60. The lowest BCUT2D eigenvalue weighted by Crippen LogP contribution is -2.37. The first kappa shape index (κ1) is 15.6. The lowest BCUT2D eigenvalue weighted by Gasteiger charge is -2.28. The average Bonchev–Trinajstić information content (AvgIpc) is 3.46. The summed E-state index contributed by atoms with van der Waals surface area (Å²) in [6.07, 6.45) is 3.21. The smallest absolute Gasteiger partial charge is 0.309 e. The maximum atomic E-state index is 6.37. The van der Waals surface area contributed by atoms with Gasteiger partial charge in [-0.2, -0.15) is 0 Å². The number of rotatable bonds is 4. The van der Waals surface area contributed by atoms with Crippen molar-refractivity contribution in [2.75, 3.05) is 7.11 Å². The van der Waals surface area contributed by atoms with Gasteiger partial charge in [0.2, 0.25) is 0 Å². The largest absolute Gasteiger partial charge is 0.497 e. The van der Waals surface area contributed by atoms with Crippen molar-refractivity contribution < 1.29 is 23.0 Å². The van der Waals surface area contributed by atoms with E-state index in [1.165, 1.54) is 0 Å². The Balaban J connectivity index is 1.70. The second-order valence-corrected chi connectivity index (χ2v) is 6.14. The molecule has 5 heteroatoms. The molecule has 2 aromatic heterocycles. The Labute approximate surface area is 155 Å². The second kappa shape index (κ2) is 5.99. The highest BCUT2D eigenvalue weighted by atomic mass is 16.7. The number of fused-ring (bicyclic) bond motifs is 1. The van der Waals surface area contributed by atoms with Gasteiger partial charge >= 0.3 is 5.79 Å². The molecular weight excluding hydrogens is 344 g/mol. The second-order valence-electron chi connectivity index (χ2n) is 6.14. The molecule has 134 valence electrons. The summed E-state index contributed by atoms with van der Waals surface area (Å²) in [7, 11) is 1.63. The zero-order valence-corrected chi connectivity index (χ0v) is 14.5. The van der Waals surface area contributed by atoms with Crippen LogP contribution in [0, 0.1) is 0 Å². The van der Waals surface area contributed by atoms with E-state index in [-0.39, 0.29) is 0 Å². The Kier molecular flexibility index (Phi) is 3.47. The van der Waals surface area contributed by atoms with Crippen LogP contribution in [0.3, 0.4) is 0 Å². The normalized spacial score (nSPS) is 14.3. The third-order valence-electron chi connectivity index (χ3n) is 4.59. The molecular formula is C22H16O5. The minimum absolute atomic E-state index is 0.559. The number of para-hydroxylation sites is 2. The lowest BCUT2D eigenvalue weighted by atomic mass is 9.96. The van der Waals surface area contributed by atoms with Gasteiger partial charge in [0.25, 0.3) is 0 Å². The van der Waals surface area contributed by atoms with E-state index >= 15 is 0 Å². The van der Waals surface area contributed by atoms with E-state index in [0.717, 1.165) is 16.9 Å². The molecule has 27 heavy (non-hydrogen) atoms. The van der Waals surface area contributed by atoms with Crippen LogP contribution < -0.4 is 14.2 Å². The van der Waals surface area contributed by atoms with Gasteiger partial charge in [-0.1, -0.05) is 12.1 Å². The van der Waals surface area contributed by atoms with Crippen molar-refractivity contribution in [2.45, 2.75) is 5.79 Å². The maximum absolute atomic E-state index is 6.37. The van der Waals surface area contributed by atoms with E-state index in [1.807, 2.05) is 66.7 Å². The first-order chi connectivity index (χ1) is 13.3. The van der Waals surface area contributed by atoms with Crippen LogP contribution in [-0.4, -0.2) is 7.11 Å². The summed E-state index contributed by atoms with van der Waals surface area (Å²) in [5, 5.41) is 0. The minimum atomic E-state index is -1.19. The molecule has 4 aromatic rings. The van der Waals surface area contributed by atoms with Crippen molar-refractivity contribution in [3.8, 4) is 28.8 Å². The van der Waals surface area contributed by atoms with Crippen molar-refractivity contribution in [3.63, 3.8) is 0 Å². The minimum Gasteiger partial charge on any atom is -0.497 e. The first-order valence-corrected chi connectivity index (χ1v) is 8.53. The molecule has 0 N–H and O–H groups in total. The molecule has 0 fully saturated rings. The van der Waals surface area contributed by atoms with Crippen LogP contribution in [0.2, 0.25) is 0 Å². The van der Waals surface area contributed by atoms with Gasteiger partial charge in [0.05, 0.1) is 25.2 Å². The SMILES string of the molecule is COc1ccc(C2(c3ccoc3-c3ccco3)Oc3ccccc3O2)cc1. The van der Waals surface area contributed by atoms with Crippen LogP contribution >= 0.6 is 0 Å². The van der Waals surface area contributed by atoms with Gasteiger partial charge in [0.1, 0.15) is 5.75 Å². The lowest BCUT2D eigenvalue weighted by molar-refractivity contribution is -0.0458. The number of benzene rings is 2. The van der Waals surface area contributed by atoms with Crippen molar-refractivity contribution >= 4 is 0 Å². The predicted octanol–water partition coefficient (Wildman–Crippen LogP) is 5.22. The molecule has 0 radical (unpaired) electrons. The molecule has 2 aromatic carbocycles. The van der Waals surface area contributed by atoms with E-state index in [0.29, 0.717) is 23.0 Å². The fourth-order valence-corrected chi connectivity index (χ4v) is 3.31. The zero-order chi connectivity index (χ0) is 18.3. The highest BCUT2D eigenvalue weighted by molar-refractivity contribution is 5.61. The fourth-order valence-electron chi connectivity index (χ4n) is 3.31. The van der Waals surface area contributed by atoms with Gasteiger partial charge < -0.3 is 23.0 Å². The molecule has 5 nitrogen and oxygen atoms in total. The number of ether oxygens (including phenoxy) is 3. The van der Waals surface area contributed by atoms with Gasteiger partial charge in [-0.3, -0.25) is 0 Å². The van der Waals surface area contributed by atoms with E-state index in [4.69, 9.17) is 23.0 Å². The molecule has 1 aliphatic heterocycles. The Morgan fingerprint density at radius 3 is 2.11 bits per heavy atom. The summed E-state index contributed by atoms with van der Waals surface area (Å²) in [6, 6.07) is 20.7. The molecule has 0 spiro atoms. The zero-order valence-electron chi connectivity index (χ0n) is 14.5. The first-order valence-electron chi connectivity index (χ1n) is 8.53. The van der Waals surface area contributed by atoms with E-state index < -0.39 is 5.79 Å². The van der Waals surface area contributed by atoms with Crippen LogP contribution in [0.25, 0.3) is 11.5 Å². The van der Waals surface area contributed by atoms with Gasteiger partial charge in [0, 0.05) is 5.56 Å². The van der Waals surface area contributed by atoms with Crippen LogP contribution in [-0.2, 0) is 5.79 Å². The highest BCUT2D eigenvalue weighted by Crippen LogP contribution is 2.50. The molecule has 0 atom stereocenters. The number of methoxy groups -OCH3 is 1. The number of furan rings is 2. The van der Waals surface area contributed by atoms with Gasteiger partial charge in [-0.05, 0) is 54.6 Å². The molecule has 1 aliphatic rings. The summed E-state index contributed by atoms with van der Waals surface area (Å²) in [5.41, 5.74) is 1.53. The third kappa shape index (κ3) is 2.39. The fraction of sp³-hybridized carbons (Fsp3) is 0.0909. The molecule has 0 bridgehead atoms. The average molecular weight is 360 g/mol. The Morgan fingerprint density at radius 1 is 0.741 bits per heavy atom.